The minimum atomic E-state index is -0.225. The van der Waals surface area contributed by atoms with Crippen molar-refractivity contribution >= 4 is 11.3 Å². The molecule has 1 N–H and O–H groups in total. The number of aliphatic hydroxyl groups excluding tert-OH is 1. The molecular formula is C14H22OS. The number of rotatable bonds is 2. The molecule has 0 spiro atoms. The predicted octanol–water partition coefficient (Wildman–Crippen LogP) is 4.22. The quantitative estimate of drug-likeness (QED) is 0.817. The average molecular weight is 238 g/mol. The zero-order chi connectivity index (χ0) is 11.7. The van der Waals surface area contributed by atoms with Gasteiger partial charge in [-0.05, 0) is 50.2 Å². The monoisotopic (exact) mass is 238 g/mol. The lowest BCUT2D eigenvalue weighted by atomic mass is 9.78. The van der Waals surface area contributed by atoms with E-state index in [9.17, 15) is 5.11 Å². The molecule has 0 aromatic carbocycles. The fraction of sp³-hybridized carbons (Fsp3) is 0.714. The van der Waals surface area contributed by atoms with Gasteiger partial charge >= 0.3 is 0 Å². The molecule has 90 valence electrons. The third kappa shape index (κ3) is 2.49. The molecule has 1 aromatic rings. The first-order valence-electron chi connectivity index (χ1n) is 6.33. The standard InChI is InChI=1S/C14H22OS/c1-9-4-6-12(7-5-9)14(15)13-8-10(2)16-11(13)3/h8-9,12,14-15H,4-7H2,1-3H3. The highest BCUT2D eigenvalue weighted by molar-refractivity contribution is 7.12. The van der Waals surface area contributed by atoms with Gasteiger partial charge in [-0.1, -0.05) is 19.8 Å². The molecule has 0 bridgehead atoms. The SMILES string of the molecule is Cc1cc(C(O)C2CCC(C)CC2)c(C)s1. The van der Waals surface area contributed by atoms with E-state index in [1.165, 1.54) is 41.0 Å². The number of hydrogen-bond acceptors (Lipinski definition) is 2. The summed E-state index contributed by atoms with van der Waals surface area (Å²) >= 11 is 1.80. The predicted molar refractivity (Wildman–Crippen MR) is 69.9 cm³/mol. The second-order valence-electron chi connectivity index (χ2n) is 5.33. The van der Waals surface area contributed by atoms with Crippen LogP contribution >= 0.6 is 11.3 Å². The van der Waals surface area contributed by atoms with Crippen molar-refractivity contribution in [1.82, 2.24) is 0 Å². The summed E-state index contributed by atoms with van der Waals surface area (Å²) in [6.07, 6.45) is 4.72. The largest absolute Gasteiger partial charge is 0.388 e. The molecule has 1 nitrogen and oxygen atoms in total. The Labute approximate surface area is 103 Å². The molecule has 1 atom stereocenters. The Morgan fingerprint density at radius 2 is 1.88 bits per heavy atom. The van der Waals surface area contributed by atoms with Gasteiger partial charge in [0.25, 0.3) is 0 Å². The summed E-state index contributed by atoms with van der Waals surface area (Å²) in [5, 5.41) is 10.4. The van der Waals surface area contributed by atoms with E-state index < -0.39 is 0 Å². The van der Waals surface area contributed by atoms with Crippen LogP contribution in [0.15, 0.2) is 6.07 Å². The van der Waals surface area contributed by atoms with E-state index in [1.54, 1.807) is 11.3 Å². The molecule has 0 aliphatic heterocycles. The first-order chi connectivity index (χ1) is 7.58. The third-order valence-electron chi connectivity index (χ3n) is 3.91. The zero-order valence-corrected chi connectivity index (χ0v) is 11.3. The first-order valence-corrected chi connectivity index (χ1v) is 7.14. The summed E-state index contributed by atoms with van der Waals surface area (Å²) in [7, 11) is 0. The molecule has 0 saturated heterocycles. The van der Waals surface area contributed by atoms with Crippen molar-refractivity contribution in [3.63, 3.8) is 0 Å². The Morgan fingerprint density at radius 3 is 2.38 bits per heavy atom. The third-order valence-corrected chi connectivity index (χ3v) is 4.89. The molecule has 16 heavy (non-hydrogen) atoms. The van der Waals surface area contributed by atoms with Crippen LogP contribution < -0.4 is 0 Å². The maximum Gasteiger partial charge on any atom is 0.0828 e. The lowest BCUT2D eigenvalue weighted by Crippen LogP contribution is -2.19. The molecule has 2 heteroatoms. The Balaban J connectivity index is 2.07. The van der Waals surface area contributed by atoms with Crippen LogP contribution in [0.2, 0.25) is 0 Å². The smallest absolute Gasteiger partial charge is 0.0828 e. The Morgan fingerprint density at radius 1 is 1.25 bits per heavy atom. The summed E-state index contributed by atoms with van der Waals surface area (Å²) in [6, 6.07) is 2.17. The summed E-state index contributed by atoms with van der Waals surface area (Å²) in [6.45, 7) is 6.57. The fourth-order valence-corrected chi connectivity index (χ4v) is 3.77. The molecule has 1 unspecified atom stereocenters. The molecule has 1 aromatic heterocycles. The van der Waals surface area contributed by atoms with E-state index in [0.29, 0.717) is 5.92 Å². The van der Waals surface area contributed by atoms with Crippen LogP contribution in [-0.2, 0) is 0 Å². The van der Waals surface area contributed by atoms with Crippen molar-refractivity contribution in [1.29, 1.82) is 0 Å². The summed E-state index contributed by atoms with van der Waals surface area (Å²) < 4.78 is 0. The highest BCUT2D eigenvalue weighted by atomic mass is 32.1. The van der Waals surface area contributed by atoms with Gasteiger partial charge in [-0.15, -0.1) is 11.3 Å². The van der Waals surface area contributed by atoms with Crippen molar-refractivity contribution in [2.75, 3.05) is 0 Å². The summed E-state index contributed by atoms with van der Waals surface area (Å²) in [5.74, 6) is 1.35. The minimum absolute atomic E-state index is 0.225. The van der Waals surface area contributed by atoms with Gasteiger partial charge in [0.15, 0.2) is 0 Å². The Bertz CT molecular complexity index is 348. The van der Waals surface area contributed by atoms with Crippen LogP contribution in [0.5, 0.6) is 0 Å². The van der Waals surface area contributed by atoms with Crippen molar-refractivity contribution in [2.24, 2.45) is 11.8 Å². The van der Waals surface area contributed by atoms with Gasteiger partial charge < -0.3 is 5.11 Å². The van der Waals surface area contributed by atoms with Gasteiger partial charge in [0.1, 0.15) is 0 Å². The van der Waals surface area contributed by atoms with Crippen LogP contribution in [-0.4, -0.2) is 5.11 Å². The van der Waals surface area contributed by atoms with Gasteiger partial charge in [0.2, 0.25) is 0 Å². The number of aryl methyl sites for hydroxylation is 2. The highest BCUT2D eigenvalue weighted by Crippen LogP contribution is 2.39. The highest BCUT2D eigenvalue weighted by Gasteiger charge is 2.27. The first kappa shape index (κ1) is 12.1. The van der Waals surface area contributed by atoms with E-state index in [1.807, 2.05) is 0 Å². The summed E-state index contributed by atoms with van der Waals surface area (Å²) in [4.78, 5) is 2.61. The zero-order valence-electron chi connectivity index (χ0n) is 10.5. The topological polar surface area (TPSA) is 20.2 Å². The molecule has 0 radical (unpaired) electrons. The Kier molecular flexibility index (Phi) is 3.70. The van der Waals surface area contributed by atoms with Crippen LogP contribution in [0.3, 0.4) is 0 Å². The Hall–Kier alpha value is -0.340. The van der Waals surface area contributed by atoms with E-state index in [-0.39, 0.29) is 6.10 Å². The second-order valence-corrected chi connectivity index (χ2v) is 6.79. The molecule has 1 heterocycles. The molecule has 0 amide bonds. The maximum atomic E-state index is 10.4. The van der Waals surface area contributed by atoms with Crippen LogP contribution in [0.25, 0.3) is 0 Å². The lowest BCUT2D eigenvalue weighted by molar-refractivity contribution is 0.0754. The van der Waals surface area contributed by atoms with Crippen LogP contribution in [0.1, 0.15) is 54.0 Å². The van der Waals surface area contributed by atoms with E-state index in [0.717, 1.165) is 5.92 Å². The molecule has 1 aliphatic rings. The van der Waals surface area contributed by atoms with E-state index >= 15 is 0 Å². The number of hydrogen-bond donors (Lipinski definition) is 1. The molecule has 1 fully saturated rings. The molecule has 1 aliphatic carbocycles. The van der Waals surface area contributed by atoms with Gasteiger partial charge in [0.05, 0.1) is 6.10 Å². The van der Waals surface area contributed by atoms with Crippen LogP contribution in [0, 0.1) is 25.7 Å². The molecule has 1 saturated carbocycles. The average Bonchev–Trinajstić information content (AvgIpc) is 2.58. The van der Waals surface area contributed by atoms with Crippen LogP contribution in [0.4, 0.5) is 0 Å². The summed E-state index contributed by atoms with van der Waals surface area (Å²) in [5.41, 5.74) is 1.18. The van der Waals surface area contributed by atoms with Gasteiger partial charge in [-0.3, -0.25) is 0 Å². The van der Waals surface area contributed by atoms with Crippen molar-refractivity contribution in [2.45, 2.75) is 52.6 Å². The lowest BCUT2D eigenvalue weighted by Gasteiger charge is -2.30. The van der Waals surface area contributed by atoms with Gasteiger partial charge in [-0.2, -0.15) is 0 Å². The van der Waals surface area contributed by atoms with E-state index in [2.05, 4.69) is 26.8 Å². The van der Waals surface area contributed by atoms with Gasteiger partial charge in [-0.25, -0.2) is 0 Å². The minimum Gasteiger partial charge on any atom is -0.388 e. The molecular weight excluding hydrogens is 216 g/mol. The number of thiophene rings is 1. The fourth-order valence-electron chi connectivity index (χ4n) is 2.80. The van der Waals surface area contributed by atoms with Crippen molar-refractivity contribution < 1.29 is 5.11 Å². The van der Waals surface area contributed by atoms with Crippen molar-refractivity contribution in [3.8, 4) is 0 Å². The second kappa shape index (κ2) is 4.89. The molecule has 2 rings (SSSR count). The number of aliphatic hydroxyl groups is 1. The maximum absolute atomic E-state index is 10.4. The van der Waals surface area contributed by atoms with Gasteiger partial charge in [0, 0.05) is 9.75 Å². The normalized spacial score (nSPS) is 28.0. The van der Waals surface area contributed by atoms with E-state index in [4.69, 9.17) is 0 Å². The van der Waals surface area contributed by atoms with Crippen molar-refractivity contribution in [3.05, 3.63) is 21.4 Å².